The number of para-hydroxylation sites is 1. The zero-order chi connectivity index (χ0) is 14.7. The Morgan fingerprint density at radius 2 is 2.00 bits per heavy atom. The molecule has 3 rings (SSSR count). The Labute approximate surface area is 132 Å². The van der Waals surface area contributed by atoms with E-state index < -0.39 is 0 Å². The Morgan fingerprint density at radius 3 is 2.81 bits per heavy atom. The molecule has 21 heavy (non-hydrogen) atoms. The van der Waals surface area contributed by atoms with Gasteiger partial charge in [-0.2, -0.15) is 0 Å². The minimum absolute atomic E-state index is 0.765. The lowest BCUT2D eigenvalue weighted by Crippen LogP contribution is -2.05. The van der Waals surface area contributed by atoms with Crippen molar-refractivity contribution in [2.24, 2.45) is 0 Å². The van der Waals surface area contributed by atoms with Gasteiger partial charge in [0.05, 0.1) is 0 Å². The fourth-order valence-electron chi connectivity index (χ4n) is 2.21. The van der Waals surface area contributed by atoms with Crippen LogP contribution in [0.25, 0.3) is 10.9 Å². The summed E-state index contributed by atoms with van der Waals surface area (Å²) in [5.74, 6) is 1.56. The van der Waals surface area contributed by atoms with Crippen molar-refractivity contribution in [3.8, 4) is 11.5 Å². The number of aromatic nitrogens is 1. The topological polar surface area (TPSA) is 34.1 Å². The first-order valence-corrected chi connectivity index (χ1v) is 7.52. The summed E-state index contributed by atoms with van der Waals surface area (Å²) in [6.45, 7) is 0.816. The lowest BCUT2D eigenvalue weighted by atomic mass is 10.2. The summed E-state index contributed by atoms with van der Waals surface area (Å²) < 4.78 is 7.02. The highest BCUT2D eigenvalue weighted by Crippen LogP contribution is 2.30. The molecule has 1 N–H and O–H groups in total. The minimum atomic E-state index is 0.765. The number of fused-ring (bicyclic) bond motifs is 1. The van der Waals surface area contributed by atoms with Crippen LogP contribution in [0, 0.1) is 0 Å². The van der Waals surface area contributed by atoms with Crippen molar-refractivity contribution >= 4 is 26.8 Å². The number of nitrogens with one attached hydrogen (secondary N) is 1. The lowest BCUT2D eigenvalue weighted by molar-refractivity contribution is 0.486. The number of hydrogen-bond acceptors (Lipinski definition) is 3. The summed E-state index contributed by atoms with van der Waals surface area (Å²) in [6, 6.07) is 15.9. The standard InChI is InChI=1S/C17H15BrN2O/c1-19-11-13-7-8-14(10-15(13)18)21-16-6-2-4-12-5-3-9-20-17(12)16/h2-10,19H,11H2,1H3. The molecule has 0 spiro atoms. The molecule has 0 saturated heterocycles. The van der Waals surface area contributed by atoms with Crippen molar-refractivity contribution in [3.05, 3.63) is 64.8 Å². The number of rotatable bonds is 4. The molecule has 0 bridgehead atoms. The van der Waals surface area contributed by atoms with Crippen molar-refractivity contribution in [3.63, 3.8) is 0 Å². The summed E-state index contributed by atoms with van der Waals surface area (Å²) in [6.07, 6.45) is 1.78. The molecule has 0 amide bonds. The number of ether oxygens (including phenoxy) is 1. The molecule has 0 aliphatic heterocycles. The van der Waals surface area contributed by atoms with Crippen molar-refractivity contribution in [2.45, 2.75) is 6.54 Å². The van der Waals surface area contributed by atoms with Gasteiger partial charge in [0.25, 0.3) is 0 Å². The largest absolute Gasteiger partial charge is 0.455 e. The third-order valence-electron chi connectivity index (χ3n) is 3.22. The molecule has 0 fully saturated rings. The van der Waals surface area contributed by atoms with E-state index in [-0.39, 0.29) is 0 Å². The number of hydrogen-bond donors (Lipinski definition) is 1. The second-order valence-electron chi connectivity index (χ2n) is 4.72. The Kier molecular flexibility index (Phi) is 4.18. The Bertz CT molecular complexity index is 768. The van der Waals surface area contributed by atoms with Crippen LogP contribution in [0.5, 0.6) is 11.5 Å². The highest BCUT2D eigenvalue weighted by atomic mass is 79.9. The van der Waals surface area contributed by atoms with Gasteiger partial charge in [-0.15, -0.1) is 0 Å². The van der Waals surface area contributed by atoms with Gasteiger partial charge in [0.15, 0.2) is 5.75 Å². The van der Waals surface area contributed by atoms with Gasteiger partial charge in [0.2, 0.25) is 0 Å². The molecule has 0 atom stereocenters. The molecule has 0 aliphatic carbocycles. The van der Waals surface area contributed by atoms with Crippen LogP contribution in [0.4, 0.5) is 0 Å². The molecular formula is C17H15BrN2O. The van der Waals surface area contributed by atoms with Crippen LogP contribution in [0.3, 0.4) is 0 Å². The van der Waals surface area contributed by atoms with E-state index in [0.717, 1.165) is 33.4 Å². The van der Waals surface area contributed by atoms with E-state index >= 15 is 0 Å². The zero-order valence-electron chi connectivity index (χ0n) is 11.6. The highest BCUT2D eigenvalue weighted by Gasteiger charge is 2.06. The van der Waals surface area contributed by atoms with Crippen LogP contribution in [-0.2, 0) is 6.54 Å². The number of nitrogens with zero attached hydrogens (tertiary/aromatic N) is 1. The maximum Gasteiger partial charge on any atom is 0.153 e. The van der Waals surface area contributed by atoms with E-state index in [1.807, 2.05) is 49.5 Å². The van der Waals surface area contributed by atoms with Gasteiger partial charge in [-0.1, -0.05) is 40.2 Å². The van der Waals surface area contributed by atoms with Gasteiger partial charge >= 0.3 is 0 Å². The summed E-state index contributed by atoms with van der Waals surface area (Å²) in [7, 11) is 1.93. The van der Waals surface area contributed by atoms with Crippen LogP contribution in [0.1, 0.15) is 5.56 Å². The number of pyridine rings is 1. The van der Waals surface area contributed by atoms with E-state index in [2.05, 4.69) is 32.3 Å². The normalized spacial score (nSPS) is 10.8. The van der Waals surface area contributed by atoms with Gasteiger partial charge in [0.1, 0.15) is 11.3 Å². The fourth-order valence-corrected chi connectivity index (χ4v) is 2.71. The molecule has 3 nitrogen and oxygen atoms in total. The number of halogens is 1. The van der Waals surface area contributed by atoms with E-state index in [1.54, 1.807) is 6.20 Å². The molecular weight excluding hydrogens is 328 g/mol. The quantitative estimate of drug-likeness (QED) is 0.757. The predicted molar refractivity (Wildman–Crippen MR) is 88.7 cm³/mol. The molecule has 2 aromatic carbocycles. The Balaban J connectivity index is 1.93. The average Bonchev–Trinajstić information content (AvgIpc) is 2.51. The summed E-state index contributed by atoms with van der Waals surface area (Å²) in [5.41, 5.74) is 2.07. The third-order valence-corrected chi connectivity index (χ3v) is 3.95. The smallest absolute Gasteiger partial charge is 0.153 e. The van der Waals surface area contributed by atoms with E-state index in [0.29, 0.717) is 0 Å². The molecule has 0 aliphatic rings. The van der Waals surface area contributed by atoms with Crippen LogP contribution < -0.4 is 10.1 Å². The molecule has 0 radical (unpaired) electrons. The van der Waals surface area contributed by atoms with Crippen LogP contribution in [0.15, 0.2) is 59.2 Å². The third kappa shape index (κ3) is 3.06. The van der Waals surface area contributed by atoms with Crippen LogP contribution in [0.2, 0.25) is 0 Å². The fraction of sp³-hybridized carbons (Fsp3) is 0.118. The lowest BCUT2D eigenvalue weighted by Gasteiger charge is -2.10. The molecule has 4 heteroatoms. The molecule has 1 aromatic heterocycles. The van der Waals surface area contributed by atoms with Crippen molar-refractivity contribution < 1.29 is 4.74 Å². The monoisotopic (exact) mass is 342 g/mol. The predicted octanol–water partition coefficient (Wildman–Crippen LogP) is 4.51. The van der Waals surface area contributed by atoms with E-state index in [9.17, 15) is 0 Å². The maximum absolute atomic E-state index is 5.99. The van der Waals surface area contributed by atoms with Crippen LogP contribution in [-0.4, -0.2) is 12.0 Å². The second kappa shape index (κ2) is 6.24. The zero-order valence-corrected chi connectivity index (χ0v) is 13.2. The van der Waals surface area contributed by atoms with E-state index in [1.165, 1.54) is 5.56 Å². The average molecular weight is 343 g/mol. The first-order valence-electron chi connectivity index (χ1n) is 6.72. The SMILES string of the molecule is CNCc1ccc(Oc2cccc3cccnc23)cc1Br. The van der Waals surface area contributed by atoms with Crippen molar-refractivity contribution in [2.75, 3.05) is 7.05 Å². The Morgan fingerprint density at radius 1 is 1.14 bits per heavy atom. The maximum atomic E-state index is 5.99. The molecule has 0 unspecified atom stereocenters. The van der Waals surface area contributed by atoms with Crippen LogP contribution >= 0.6 is 15.9 Å². The molecule has 106 valence electrons. The summed E-state index contributed by atoms with van der Waals surface area (Å²) >= 11 is 3.58. The minimum Gasteiger partial charge on any atom is -0.455 e. The van der Waals surface area contributed by atoms with Gasteiger partial charge in [-0.3, -0.25) is 4.98 Å². The molecule has 3 aromatic rings. The van der Waals surface area contributed by atoms with Crippen molar-refractivity contribution in [1.29, 1.82) is 0 Å². The first-order chi connectivity index (χ1) is 10.3. The molecule has 1 heterocycles. The number of benzene rings is 2. The van der Waals surface area contributed by atoms with Gasteiger partial charge in [0, 0.05) is 22.6 Å². The van der Waals surface area contributed by atoms with Crippen molar-refractivity contribution in [1.82, 2.24) is 10.3 Å². The molecule has 0 saturated carbocycles. The van der Waals surface area contributed by atoms with Gasteiger partial charge < -0.3 is 10.1 Å². The highest BCUT2D eigenvalue weighted by molar-refractivity contribution is 9.10. The van der Waals surface area contributed by atoms with E-state index in [4.69, 9.17) is 4.74 Å². The Hall–Kier alpha value is -1.91. The van der Waals surface area contributed by atoms with Gasteiger partial charge in [-0.25, -0.2) is 0 Å². The summed E-state index contributed by atoms with van der Waals surface area (Å²) in [5, 5.41) is 4.21. The summed E-state index contributed by atoms with van der Waals surface area (Å²) in [4.78, 5) is 4.40. The first kappa shape index (κ1) is 14.0. The van der Waals surface area contributed by atoms with Gasteiger partial charge in [-0.05, 0) is 36.9 Å². The second-order valence-corrected chi connectivity index (χ2v) is 5.57.